The van der Waals surface area contributed by atoms with Gasteiger partial charge in [0.2, 0.25) is 5.91 Å². The molecule has 0 fully saturated rings. The Labute approximate surface area is 87.4 Å². The van der Waals surface area contributed by atoms with E-state index >= 15 is 0 Å². The van der Waals surface area contributed by atoms with E-state index in [2.05, 4.69) is 0 Å². The molecule has 74 valence electrons. The molecule has 1 aromatic rings. The zero-order chi connectivity index (χ0) is 10.3. The molecule has 0 aliphatic carbocycles. The van der Waals surface area contributed by atoms with Crippen molar-refractivity contribution in [3.63, 3.8) is 0 Å². The van der Waals surface area contributed by atoms with Crippen LogP contribution in [0.15, 0.2) is 18.2 Å². The number of nitrogens with zero attached hydrogens (tertiary/aromatic N) is 1. The molecule has 1 aromatic carbocycles. The van der Waals surface area contributed by atoms with E-state index in [-0.39, 0.29) is 11.8 Å². The second-order valence-corrected chi connectivity index (χ2v) is 3.83. The van der Waals surface area contributed by atoms with Crippen molar-refractivity contribution in [2.75, 3.05) is 18.5 Å². The molecule has 0 aromatic heterocycles. The summed E-state index contributed by atoms with van der Waals surface area (Å²) in [7, 11) is 1.74. The lowest BCUT2D eigenvalue weighted by atomic mass is 10.0. The number of carbonyl (C=O) groups is 1. The van der Waals surface area contributed by atoms with E-state index in [1.54, 1.807) is 24.1 Å². The predicted molar refractivity (Wildman–Crippen MR) is 56.7 cm³/mol. The van der Waals surface area contributed by atoms with Gasteiger partial charge in [-0.15, -0.1) is 0 Å². The molecule has 4 heteroatoms. The van der Waals surface area contributed by atoms with Gasteiger partial charge in [-0.1, -0.05) is 17.7 Å². The largest absolute Gasteiger partial charge is 0.329 e. The van der Waals surface area contributed by atoms with Crippen LogP contribution in [0.4, 0.5) is 5.69 Å². The van der Waals surface area contributed by atoms with Gasteiger partial charge in [-0.25, -0.2) is 0 Å². The Kier molecular flexibility index (Phi) is 2.21. The van der Waals surface area contributed by atoms with E-state index in [0.29, 0.717) is 11.6 Å². The van der Waals surface area contributed by atoms with Crippen LogP contribution in [-0.2, 0) is 4.79 Å². The number of hydrogen-bond donors (Lipinski definition) is 1. The first-order valence-electron chi connectivity index (χ1n) is 4.42. The van der Waals surface area contributed by atoms with Crippen molar-refractivity contribution < 1.29 is 4.79 Å². The molecule has 1 atom stereocenters. The van der Waals surface area contributed by atoms with Crippen LogP contribution in [0.2, 0.25) is 5.02 Å². The molecule has 3 nitrogen and oxygen atoms in total. The summed E-state index contributed by atoms with van der Waals surface area (Å²) in [5.41, 5.74) is 7.41. The van der Waals surface area contributed by atoms with Crippen LogP contribution in [0.1, 0.15) is 11.5 Å². The summed E-state index contributed by atoms with van der Waals surface area (Å²) in [6.45, 7) is 0.345. The molecule has 0 radical (unpaired) electrons. The molecule has 1 aliphatic rings. The van der Waals surface area contributed by atoms with Crippen LogP contribution < -0.4 is 10.6 Å². The van der Waals surface area contributed by atoms with E-state index in [9.17, 15) is 4.79 Å². The summed E-state index contributed by atoms with van der Waals surface area (Å²) in [6.07, 6.45) is 0. The number of likely N-dealkylation sites (N-methyl/N-ethyl adjacent to an activating group) is 1. The quantitative estimate of drug-likeness (QED) is 0.761. The molecule has 14 heavy (non-hydrogen) atoms. The number of benzene rings is 1. The fraction of sp³-hybridized carbons (Fsp3) is 0.300. The smallest absolute Gasteiger partial charge is 0.235 e. The summed E-state index contributed by atoms with van der Waals surface area (Å²) in [5, 5.41) is 0.640. The summed E-state index contributed by atoms with van der Waals surface area (Å²) < 4.78 is 0. The third-order valence-corrected chi connectivity index (χ3v) is 2.83. The predicted octanol–water partition coefficient (Wildman–Crippen LogP) is 1.36. The lowest BCUT2D eigenvalue weighted by Crippen LogP contribution is -2.27. The van der Waals surface area contributed by atoms with Gasteiger partial charge in [0.25, 0.3) is 0 Å². The first-order chi connectivity index (χ1) is 6.65. The number of carbonyl (C=O) groups excluding carboxylic acids is 1. The van der Waals surface area contributed by atoms with Gasteiger partial charge in [0.1, 0.15) is 0 Å². The second kappa shape index (κ2) is 3.26. The van der Waals surface area contributed by atoms with Gasteiger partial charge >= 0.3 is 0 Å². The number of nitrogens with two attached hydrogens (primary N) is 1. The number of anilines is 1. The van der Waals surface area contributed by atoms with Crippen LogP contribution in [0.25, 0.3) is 0 Å². The third-order valence-electron chi connectivity index (χ3n) is 2.59. The molecule has 1 aliphatic heterocycles. The Morgan fingerprint density at radius 1 is 1.57 bits per heavy atom. The minimum atomic E-state index is -0.202. The van der Waals surface area contributed by atoms with E-state index in [4.69, 9.17) is 17.3 Å². The van der Waals surface area contributed by atoms with Crippen molar-refractivity contribution in [3.05, 3.63) is 28.8 Å². The fourth-order valence-corrected chi connectivity index (χ4v) is 1.98. The van der Waals surface area contributed by atoms with Crippen LogP contribution in [0.5, 0.6) is 0 Å². The molecule has 1 unspecified atom stereocenters. The number of halogens is 1. The third kappa shape index (κ3) is 1.21. The minimum absolute atomic E-state index is 0.0461. The van der Waals surface area contributed by atoms with E-state index in [1.165, 1.54) is 0 Å². The maximum atomic E-state index is 11.7. The number of rotatable bonds is 1. The van der Waals surface area contributed by atoms with Gasteiger partial charge < -0.3 is 10.6 Å². The highest BCUT2D eigenvalue weighted by atomic mass is 35.5. The SMILES string of the molecule is CN1C(=O)C(CN)c2ccc(Cl)cc21. The van der Waals surface area contributed by atoms with E-state index in [1.807, 2.05) is 6.07 Å². The molecule has 0 bridgehead atoms. The summed E-state index contributed by atoms with van der Waals surface area (Å²) in [4.78, 5) is 13.3. The van der Waals surface area contributed by atoms with Crippen LogP contribution in [0.3, 0.4) is 0 Å². The fourth-order valence-electron chi connectivity index (χ4n) is 1.82. The molecule has 0 spiro atoms. The monoisotopic (exact) mass is 210 g/mol. The Morgan fingerprint density at radius 2 is 2.29 bits per heavy atom. The second-order valence-electron chi connectivity index (χ2n) is 3.39. The summed E-state index contributed by atoms with van der Waals surface area (Å²) in [5.74, 6) is -0.156. The Bertz CT molecular complexity index is 392. The lowest BCUT2D eigenvalue weighted by molar-refractivity contribution is -0.118. The Balaban J connectivity index is 2.55. The van der Waals surface area contributed by atoms with Crippen molar-refractivity contribution in [1.29, 1.82) is 0 Å². The topological polar surface area (TPSA) is 46.3 Å². The van der Waals surface area contributed by atoms with E-state index < -0.39 is 0 Å². The number of hydrogen-bond acceptors (Lipinski definition) is 2. The highest BCUT2D eigenvalue weighted by molar-refractivity contribution is 6.31. The van der Waals surface area contributed by atoms with Crippen molar-refractivity contribution in [3.8, 4) is 0 Å². The molecular weight excluding hydrogens is 200 g/mol. The van der Waals surface area contributed by atoms with Crippen molar-refractivity contribution in [1.82, 2.24) is 0 Å². The standard InChI is InChI=1S/C10H11ClN2O/c1-13-9-4-6(11)2-3-7(9)8(5-12)10(13)14/h2-4,8H,5,12H2,1H3. The lowest BCUT2D eigenvalue weighted by Gasteiger charge is -2.09. The highest BCUT2D eigenvalue weighted by Gasteiger charge is 2.33. The number of fused-ring (bicyclic) bond motifs is 1. The molecule has 0 saturated carbocycles. The molecule has 2 rings (SSSR count). The Hall–Kier alpha value is -1.06. The average molecular weight is 211 g/mol. The van der Waals surface area contributed by atoms with Crippen molar-refractivity contribution in [2.45, 2.75) is 5.92 Å². The molecule has 0 saturated heterocycles. The van der Waals surface area contributed by atoms with Crippen molar-refractivity contribution >= 4 is 23.2 Å². The van der Waals surface area contributed by atoms with Crippen LogP contribution in [-0.4, -0.2) is 19.5 Å². The normalized spacial score (nSPS) is 20.1. The summed E-state index contributed by atoms with van der Waals surface area (Å²) in [6, 6.07) is 5.45. The van der Waals surface area contributed by atoms with Crippen LogP contribution >= 0.6 is 11.6 Å². The van der Waals surface area contributed by atoms with Crippen LogP contribution in [0, 0.1) is 0 Å². The maximum absolute atomic E-state index is 11.7. The van der Waals surface area contributed by atoms with Gasteiger partial charge in [0.05, 0.1) is 5.92 Å². The molecule has 2 N–H and O–H groups in total. The summed E-state index contributed by atoms with van der Waals surface area (Å²) >= 11 is 5.86. The van der Waals surface area contributed by atoms with Gasteiger partial charge in [0, 0.05) is 24.3 Å². The first kappa shape index (κ1) is 9.49. The minimum Gasteiger partial charge on any atom is -0.329 e. The average Bonchev–Trinajstić information content (AvgIpc) is 2.41. The van der Waals surface area contributed by atoms with Gasteiger partial charge in [-0.3, -0.25) is 4.79 Å². The van der Waals surface area contributed by atoms with Gasteiger partial charge in [-0.05, 0) is 17.7 Å². The first-order valence-corrected chi connectivity index (χ1v) is 4.80. The Morgan fingerprint density at radius 3 is 2.93 bits per heavy atom. The maximum Gasteiger partial charge on any atom is 0.235 e. The zero-order valence-electron chi connectivity index (χ0n) is 7.83. The molecule has 1 heterocycles. The van der Waals surface area contributed by atoms with Gasteiger partial charge in [-0.2, -0.15) is 0 Å². The van der Waals surface area contributed by atoms with E-state index in [0.717, 1.165) is 11.3 Å². The zero-order valence-corrected chi connectivity index (χ0v) is 8.58. The highest BCUT2D eigenvalue weighted by Crippen LogP contribution is 2.37. The van der Waals surface area contributed by atoms with Gasteiger partial charge in [0.15, 0.2) is 0 Å². The molecular formula is C10H11ClN2O. The molecule has 1 amide bonds. The number of amides is 1. The van der Waals surface area contributed by atoms with Crippen molar-refractivity contribution in [2.24, 2.45) is 5.73 Å².